The highest BCUT2D eigenvalue weighted by atomic mass is 35.5. The highest BCUT2D eigenvalue weighted by molar-refractivity contribution is 7.22. The third-order valence-electron chi connectivity index (χ3n) is 5.88. The number of carbonyl (C=O) groups is 2. The van der Waals surface area contributed by atoms with Crippen molar-refractivity contribution >= 4 is 55.8 Å². The number of ether oxygens (including phenoxy) is 1. The fourth-order valence-corrected chi connectivity index (χ4v) is 5.52. The van der Waals surface area contributed by atoms with Crippen LogP contribution in [0.4, 0.5) is 15.2 Å². The van der Waals surface area contributed by atoms with E-state index < -0.39 is 5.92 Å². The summed E-state index contributed by atoms with van der Waals surface area (Å²) in [6.07, 6.45) is 1.87. The van der Waals surface area contributed by atoms with Gasteiger partial charge in [0.2, 0.25) is 11.8 Å². The first-order chi connectivity index (χ1) is 15.5. The largest absolute Gasteiger partial charge is 0.376 e. The molecule has 2 amide bonds. The number of benzene rings is 2. The van der Waals surface area contributed by atoms with Crippen LogP contribution in [0.1, 0.15) is 19.3 Å². The van der Waals surface area contributed by atoms with Crippen LogP contribution in [0.25, 0.3) is 10.2 Å². The van der Waals surface area contributed by atoms with Gasteiger partial charge in [-0.2, -0.15) is 0 Å². The van der Waals surface area contributed by atoms with E-state index in [-0.39, 0.29) is 36.7 Å². The topological polar surface area (TPSA) is 62.7 Å². The van der Waals surface area contributed by atoms with Crippen molar-refractivity contribution in [3.05, 3.63) is 53.3 Å². The zero-order valence-electron chi connectivity index (χ0n) is 17.2. The molecule has 2 atom stereocenters. The van der Waals surface area contributed by atoms with Crippen LogP contribution in [0.15, 0.2) is 42.5 Å². The van der Waals surface area contributed by atoms with Gasteiger partial charge in [-0.25, -0.2) is 9.37 Å². The summed E-state index contributed by atoms with van der Waals surface area (Å²) in [5.41, 5.74) is 1.25. The smallest absolute Gasteiger partial charge is 0.234 e. The van der Waals surface area contributed by atoms with Crippen molar-refractivity contribution in [2.75, 3.05) is 29.5 Å². The van der Waals surface area contributed by atoms with E-state index in [9.17, 15) is 14.0 Å². The van der Waals surface area contributed by atoms with E-state index >= 15 is 0 Å². The average molecular weight is 474 g/mol. The monoisotopic (exact) mass is 473 g/mol. The molecule has 3 heterocycles. The molecule has 2 aromatic carbocycles. The van der Waals surface area contributed by atoms with Crippen molar-refractivity contribution in [2.45, 2.75) is 25.4 Å². The van der Waals surface area contributed by atoms with E-state index in [4.69, 9.17) is 16.3 Å². The maximum Gasteiger partial charge on any atom is 0.234 e. The fraction of sp³-hybridized carbons (Fsp3) is 0.348. The average Bonchev–Trinajstić information content (AvgIpc) is 3.52. The van der Waals surface area contributed by atoms with Crippen molar-refractivity contribution < 1.29 is 18.7 Å². The van der Waals surface area contributed by atoms with E-state index in [1.807, 2.05) is 12.1 Å². The lowest BCUT2D eigenvalue weighted by Crippen LogP contribution is -2.42. The van der Waals surface area contributed by atoms with Crippen LogP contribution >= 0.6 is 22.9 Å². The standard InChI is InChI=1S/C23H21ClFN3O3S/c24-18-4-1-5-19-21(18)26-23(32-19)28(13-17-3-2-10-31-17)22(30)14-11-20(29)27(12-14)16-8-6-15(25)7-9-16/h1,4-9,14,17H,2-3,10-13H2. The highest BCUT2D eigenvalue weighted by Crippen LogP contribution is 2.35. The van der Waals surface area contributed by atoms with Gasteiger partial charge in [-0.1, -0.05) is 29.0 Å². The summed E-state index contributed by atoms with van der Waals surface area (Å²) in [7, 11) is 0. The summed E-state index contributed by atoms with van der Waals surface area (Å²) in [4.78, 5) is 34.2. The summed E-state index contributed by atoms with van der Waals surface area (Å²) in [5, 5.41) is 1.09. The zero-order chi connectivity index (χ0) is 22.2. The molecular formula is C23H21ClFN3O3S. The van der Waals surface area contributed by atoms with Gasteiger partial charge >= 0.3 is 0 Å². The molecule has 2 saturated heterocycles. The van der Waals surface area contributed by atoms with Crippen LogP contribution < -0.4 is 9.80 Å². The van der Waals surface area contributed by atoms with Gasteiger partial charge in [-0.3, -0.25) is 14.5 Å². The number of para-hydroxylation sites is 1. The predicted molar refractivity (Wildman–Crippen MR) is 123 cm³/mol. The van der Waals surface area contributed by atoms with E-state index in [1.165, 1.54) is 23.5 Å². The van der Waals surface area contributed by atoms with Crippen LogP contribution in [0.5, 0.6) is 0 Å². The van der Waals surface area contributed by atoms with Gasteiger partial charge in [0.1, 0.15) is 11.3 Å². The number of nitrogens with zero attached hydrogens (tertiary/aromatic N) is 3. The Hall–Kier alpha value is -2.55. The summed E-state index contributed by atoms with van der Waals surface area (Å²) in [6.45, 7) is 1.31. The molecule has 0 aliphatic carbocycles. The Morgan fingerprint density at radius 1 is 1.28 bits per heavy atom. The van der Waals surface area contributed by atoms with Crippen molar-refractivity contribution in [1.29, 1.82) is 0 Å². The zero-order valence-corrected chi connectivity index (χ0v) is 18.7. The molecular weight excluding hydrogens is 453 g/mol. The lowest BCUT2D eigenvalue weighted by atomic mass is 10.1. The maximum atomic E-state index is 13.6. The Morgan fingerprint density at radius 2 is 2.09 bits per heavy atom. The van der Waals surface area contributed by atoms with Crippen molar-refractivity contribution in [3.8, 4) is 0 Å². The van der Waals surface area contributed by atoms with E-state index in [2.05, 4.69) is 4.98 Å². The molecule has 2 unspecified atom stereocenters. The molecule has 6 nitrogen and oxygen atoms in total. The molecule has 2 aliphatic rings. The minimum Gasteiger partial charge on any atom is -0.376 e. The molecule has 0 radical (unpaired) electrons. The van der Waals surface area contributed by atoms with Crippen LogP contribution in [0.2, 0.25) is 5.02 Å². The molecule has 5 rings (SSSR count). The third kappa shape index (κ3) is 4.10. The SMILES string of the molecule is O=C1CC(C(=O)N(CC2CCCO2)c2nc3c(Cl)cccc3s2)CN1c1ccc(F)cc1. The molecule has 0 spiro atoms. The molecule has 9 heteroatoms. The molecule has 2 aliphatic heterocycles. The van der Waals surface area contributed by atoms with Crippen molar-refractivity contribution in [3.63, 3.8) is 0 Å². The number of thiazole rings is 1. The number of aromatic nitrogens is 1. The summed E-state index contributed by atoms with van der Waals surface area (Å²) < 4.78 is 20.0. The molecule has 2 fully saturated rings. The molecule has 1 aromatic heterocycles. The number of hydrogen-bond donors (Lipinski definition) is 0. The van der Waals surface area contributed by atoms with Gasteiger partial charge in [-0.05, 0) is 49.2 Å². The number of fused-ring (bicyclic) bond motifs is 1. The third-order valence-corrected chi connectivity index (χ3v) is 7.23. The molecule has 3 aromatic rings. The van der Waals surface area contributed by atoms with Gasteiger partial charge in [0.05, 0.1) is 28.3 Å². The molecule has 0 N–H and O–H groups in total. The first-order valence-corrected chi connectivity index (χ1v) is 11.7. The van der Waals surface area contributed by atoms with Gasteiger partial charge in [0.15, 0.2) is 5.13 Å². The van der Waals surface area contributed by atoms with Gasteiger partial charge in [0.25, 0.3) is 0 Å². The van der Waals surface area contributed by atoms with E-state index in [1.54, 1.807) is 28.0 Å². The second kappa shape index (κ2) is 8.77. The second-order valence-electron chi connectivity index (χ2n) is 8.05. The van der Waals surface area contributed by atoms with Crippen molar-refractivity contribution in [2.24, 2.45) is 5.92 Å². The Bertz CT molecular complexity index is 1160. The number of hydrogen-bond acceptors (Lipinski definition) is 5. The Kier molecular flexibility index (Phi) is 5.84. The first kappa shape index (κ1) is 21.3. The lowest BCUT2D eigenvalue weighted by Gasteiger charge is -2.25. The summed E-state index contributed by atoms with van der Waals surface area (Å²) in [6, 6.07) is 11.3. The number of halogens is 2. The lowest BCUT2D eigenvalue weighted by molar-refractivity contribution is -0.124. The quantitative estimate of drug-likeness (QED) is 0.541. The van der Waals surface area contributed by atoms with Crippen LogP contribution in [0, 0.1) is 11.7 Å². The van der Waals surface area contributed by atoms with Gasteiger partial charge in [0, 0.05) is 25.3 Å². The van der Waals surface area contributed by atoms with Gasteiger partial charge < -0.3 is 9.64 Å². The normalized spacial score (nSPS) is 20.9. The van der Waals surface area contributed by atoms with Crippen molar-refractivity contribution in [1.82, 2.24) is 4.98 Å². The number of amides is 2. The Balaban J connectivity index is 1.43. The summed E-state index contributed by atoms with van der Waals surface area (Å²) >= 11 is 7.71. The van der Waals surface area contributed by atoms with Crippen LogP contribution in [-0.4, -0.2) is 42.6 Å². The van der Waals surface area contributed by atoms with E-state index in [0.717, 1.165) is 17.5 Å². The second-order valence-corrected chi connectivity index (χ2v) is 9.46. The minimum absolute atomic E-state index is 0.0632. The number of rotatable bonds is 5. The molecule has 166 valence electrons. The van der Waals surface area contributed by atoms with Crippen LogP contribution in [0.3, 0.4) is 0 Å². The van der Waals surface area contributed by atoms with E-state index in [0.29, 0.717) is 34.5 Å². The summed E-state index contributed by atoms with van der Waals surface area (Å²) in [5.74, 6) is -1.20. The van der Waals surface area contributed by atoms with Gasteiger partial charge in [-0.15, -0.1) is 0 Å². The first-order valence-electron chi connectivity index (χ1n) is 10.5. The number of anilines is 2. The minimum atomic E-state index is -0.517. The van der Waals surface area contributed by atoms with Crippen LogP contribution in [-0.2, 0) is 14.3 Å². The Morgan fingerprint density at radius 3 is 2.81 bits per heavy atom. The predicted octanol–water partition coefficient (Wildman–Crippen LogP) is 4.65. The fourth-order valence-electron chi connectivity index (χ4n) is 4.24. The highest BCUT2D eigenvalue weighted by Gasteiger charge is 2.39. The molecule has 0 bridgehead atoms. The number of carbonyl (C=O) groups excluding carboxylic acids is 2. The Labute approximate surface area is 193 Å². The maximum absolute atomic E-state index is 13.6. The molecule has 32 heavy (non-hydrogen) atoms. The molecule has 0 saturated carbocycles.